The van der Waals surface area contributed by atoms with Gasteiger partial charge in [0.2, 0.25) is 0 Å². The van der Waals surface area contributed by atoms with Crippen LogP contribution in [0.15, 0.2) is 12.3 Å². The van der Waals surface area contributed by atoms with E-state index in [4.69, 9.17) is 4.74 Å². The molecule has 3 heteroatoms. The van der Waals surface area contributed by atoms with Crippen molar-refractivity contribution >= 4 is 14.8 Å². The molecule has 52 valence electrons. The Morgan fingerprint density at radius 2 is 2.44 bits per heavy atom. The van der Waals surface area contributed by atoms with Crippen molar-refractivity contribution in [3.8, 4) is 0 Å². The van der Waals surface area contributed by atoms with Crippen LogP contribution < -0.4 is 0 Å². The van der Waals surface area contributed by atoms with Crippen LogP contribution in [0.25, 0.3) is 0 Å². The van der Waals surface area contributed by atoms with Crippen LogP contribution in [0.1, 0.15) is 6.92 Å². The Morgan fingerprint density at radius 3 is 2.78 bits per heavy atom. The van der Waals surface area contributed by atoms with Gasteiger partial charge in [0.1, 0.15) is 8.80 Å². The highest BCUT2D eigenvalue weighted by Crippen LogP contribution is 1.84. The molecule has 0 amide bonds. The smallest absolute Gasteiger partial charge is 0.302 e. The first-order valence-electron chi connectivity index (χ1n) is 2.92. The molecule has 0 aromatic carbocycles. The molecule has 0 heterocycles. The number of hydrogen-bond donors (Lipinski definition) is 0. The van der Waals surface area contributed by atoms with Gasteiger partial charge in [0.25, 0.3) is 0 Å². The maximum atomic E-state index is 10.2. The van der Waals surface area contributed by atoms with Gasteiger partial charge < -0.3 is 4.74 Å². The Balaban J connectivity index is 3.26. The monoisotopic (exact) mass is 144 g/mol. The van der Waals surface area contributed by atoms with Crippen molar-refractivity contribution in [1.29, 1.82) is 0 Å². The highest BCUT2D eigenvalue weighted by molar-refractivity contribution is 6.62. The molecule has 0 spiro atoms. The van der Waals surface area contributed by atoms with Crippen molar-refractivity contribution < 1.29 is 9.53 Å². The predicted octanol–water partition coefficient (Wildman–Crippen LogP) is 0.671. The van der Waals surface area contributed by atoms with Gasteiger partial charge in [-0.25, -0.2) is 0 Å². The number of rotatable bonds is 3. The van der Waals surface area contributed by atoms with Crippen molar-refractivity contribution in [2.24, 2.45) is 0 Å². The highest BCUT2D eigenvalue weighted by Gasteiger charge is 1.99. The Hall–Kier alpha value is -0.573. The molecule has 0 aromatic rings. The fraction of sp³-hybridized carbons (Fsp3) is 0.500. The summed E-state index contributed by atoms with van der Waals surface area (Å²) in [6.45, 7) is 7.11. The van der Waals surface area contributed by atoms with Crippen LogP contribution in [0.4, 0.5) is 0 Å². The van der Waals surface area contributed by atoms with Gasteiger partial charge in [0.15, 0.2) is 0 Å². The van der Waals surface area contributed by atoms with E-state index in [1.54, 1.807) is 0 Å². The molecule has 0 fully saturated rings. The lowest BCUT2D eigenvalue weighted by atomic mass is 10.8. The summed E-state index contributed by atoms with van der Waals surface area (Å²) in [6, 6.07) is 0. The molecular weight excluding hydrogens is 132 g/mol. The maximum Gasteiger partial charge on any atom is 0.302 e. The highest BCUT2D eigenvalue weighted by atomic mass is 28.3. The second-order valence-corrected chi connectivity index (χ2v) is 4.77. The summed E-state index contributed by atoms with van der Waals surface area (Å²) in [4.78, 5) is 10.2. The molecule has 0 saturated heterocycles. The SMILES string of the molecule is C=C[SiH](C)COC(C)=O. The van der Waals surface area contributed by atoms with Gasteiger partial charge in [-0.15, -0.1) is 12.3 Å². The first-order valence-corrected chi connectivity index (χ1v) is 5.56. The predicted molar refractivity (Wildman–Crippen MR) is 39.8 cm³/mol. The molecular formula is C6H12O2Si. The van der Waals surface area contributed by atoms with Gasteiger partial charge in [-0.05, 0) is 0 Å². The molecule has 1 atom stereocenters. The third-order valence-corrected chi connectivity index (χ3v) is 2.45. The van der Waals surface area contributed by atoms with Crippen molar-refractivity contribution in [1.82, 2.24) is 0 Å². The van der Waals surface area contributed by atoms with Crippen molar-refractivity contribution in [2.45, 2.75) is 13.5 Å². The summed E-state index contributed by atoms with van der Waals surface area (Å²) in [5.41, 5.74) is 1.89. The molecule has 0 aromatic heterocycles. The van der Waals surface area contributed by atoms with Gasteiger partial charge in [0, 0.05) is 6.92 Å². The molecule has 2 nitrogen and oxygen atoms in total. The largest absolute Gasteiger partial charge is 0.470 e. The van der Waals surface area contributed by atoms with Crippen LogP contribution >= 0.6 is 0 Å². The van der Waals surface area contributed by atoms with E-state index in [-0.39, 0.29) is 5.97 Å². The summed E-state index contributed by atoms with van der Waals surface area (Å²) >= 11 is 0. The number of ether oxygens (including phenoxy) is 1. The van der Waals surface area contributed by atoms with Gasteiger partial charge >= 0.3 is 5.97 Å². The van der Waals surface area contributed by atoms with E-state index in [0.717, 1.165) is 0 Å². The van der Waals surface area contributed by atoms with Crippen molar-refractivity contribution in [2.75, 3.05) is 6.23 Å². The quantitative estimate of drug-likeness (QED) is 0.430. The van der Waals surface area contributed by atoms with Crippen LogP contribution in [0.5, 0.6) is 0 Å². The van der Waals surface area contributed by atoms with E-state index < -0.39 is 8.80 Å². The van der Waals surface area contributed by atoms with Crippen molar-refractivity contribution in [3.05, 3.63) is 12.3 Å². The molecule has 0 radical (unpaired) electrons. The fourth-order valence-electron chi connectivity index (χ4n) is 0.317. The Kier molecular flexibility index (Phi) is 4.04. The Labute approximate surface area is 57.1 Å². The van der Waals surface area contributed by atoms with Crippen molar-refractivity contribution in [3.63, 3.8) is 0 Å². The van der Waals surface area contributed by atoms with Gasteiger partial charge in [-0.1, -0.05) is 6.55 Å². The van der Waals surface area contributed by atoms with E-state index in [1.807, 2.05) is 5.70 Å². The molecule has 0 aliphatic heterocycles. The molecule has 0 rings (SSSR count). The van der Waals surface area contributed by atoms with Crippen LogP contribution in [-0.2, 0) is 9.53 Å². The van der Waals surface area contributed by atoms with E-state index in [1.165, 1.54) is 6.92 Å². The zero-order chi connectivity index (χ0) is 7.28. The van der Waals surface area contributed by atoms with Crippen LogP contribution in [0.3, 0.4) is 0 Å². The average molecular weight is 144 g/mol. The molecule has 0 bridgehead atoms. The van der Waals surface area contributed by atoms with Gasteiger partial charge in [0.05, 0.1) is 6.23 Å². The zero-order valence-electron chi connectivity index (χ0n) is 5.89. The summed E-state index contributed by atoms with van der Waals surface area (Å²) in [5.74, 6) is -0.198. The van der Waals surface area contributed by atoms with E-state index >= 15 is 0 Å². The van der Waals surface area contributed by atoms with E-state index in [2.05, 4.69) is 13.1 Å². The standard InChI is InChI=1S/C6H12O2Si/c1-4-9(3)5-8-6(2)7/h4,9H,1,5H2,2-3H3. The second kappa shape index (κ2) is 4.32. The lowest BCUT2D eigenvalue weighted by Gasteiger charge is -2.02. The Morgan fingerprint density at radius 1 is 1.89 bits per heavy atom. The number of esters is 1. The van der Waals surface area contributed by atoms with Gasteiger partial charge in [-0.2, -0.15) is 0 Å². The number of carbonyl (C=O) groups is 1. The summed E-state index contributed by atoms with van der Waals surface area (Å²) < 4.78 is 4.75. The van der Waals surface area contributed by atoms with Crippen LogP contribution in [0.2, 0.25) is 6.55 Å². The third-order valence-electron chi connectivity index (χ3n) is 0.952. The molecule has 9 heavy (non-hydrogen) atoms. The zero-order valence-corrected chi connectivity index (χ0v) is 7.04. The number of carbonyl (C=O) groups excluding carboxylic acids is 1. The summed E-state index contributed by atoms with van der Waals surface area (Å²) in [5, 5.41) is 0. The molecule has 1 unspecified atom stereocenters. The van der Waals surface area contributed by atoms with E-state index in [9.17, 15) is 4.79 Å². The van der Waals surface area contributed by atoms with Gasteiger partial charge in [-0.3, -0.25) is 4.79 Å². The lowest BCUT2D eigenvalue weighted by molar-refractivity contribution is -0.139. The average Bonchev–Trinajstić information content (AvgIpc) is 1.83. The summed E-state index contributed by atoms with van der Waals surface area (Å²) in [7, 11) is -0.917. The third kappa shape index (κ3) is 5.30. The first kappa shape index (κ1) is 8.43. The van der Waals surface area contributed by atoms with Crippen LogP contribution in [0, 0.1) is 0 Å². The minimum atomic E-state index is -0.917. The minimum Gasteiger partial charge on any atom is -0.470 e. The first-order chi connectivity index (χ1) is 4.16. The van der Waals surface area contributed by atoms with E-state index in [0.29, 0.717) is 6.23 Å². The second-order valence-electron chi connectivity index (χ2n) is 2.02. The van der Waals surface area contributed by atoms with Crippen LogP contribution in [-0.4, -0.2) is 21.0 Å². The molecule has 0 aliphatic carbocycles. The topological polar surface area (TPSA) is 26.3 Å². The maximum absolute atomic E-state index is 10.2. The normalized spacial score (nSPS) is 12.2. The fourth-order valence-corrected chi connectivity index (χ4v) is 0.951. The molecule has 0 saturated carbocycles. The molecule has 0 aliphatic rings. The summed E-state index contributed by atoms with van der Waals surface area (Å²) in [6.07, 6.45) is 0.582. The Bertz CT molecular complexity index is 112. The number of hydrogen-bond acceptors (Lipinski definition) is 2. The lowest BCUT2D eigenvalue weighted by Crippen LogP contribution is -2.15. The molecule has 0 N–H and O–H groups in total. The minimum absolute atomic E-state index is 0.198.